The van der Waals surface area contributed by atoms with Gasteiger partial charge in [0.05, 0.1) is 11.4 Å². The van der Waals surface area contributed by atoms with Gasteiger partial charge in [0.15, 0.2) is 0 Å². The van der Waals surface area contributed by atoms with Gasteiger partial charge >= 0.3 is 0 Å². The van der Waals surface area contributed by atoms with Crippen LogP contribution in [0.3, 0.4) is 0 Å². The quantitative estimate of drug-likeness (QED) is 0.441. The van der Waals surface area contributed by atoms with Crippen molar-refractivity contribution in [3.8, 4) is 16.9 Å². The van der Waals surface area contributed by atoms with Crippen LogP contribution in [-0.2, 0) is 11.3 Å². The Kier molecular flexibility index (Phi) is 6.31. The van der Waals surface area contributed by atoms with Gasteiger partial charge in [0.2, 0.25) is 5.91 Å². The molecule has 4 aromatic rings. The van der Waals surface area contributed by atoms with Gasteiger partial charge in [-0.15, -0.1) is 0 Å². The number of carbonyl (C=O) groups excluding carboxylic acids is 1. The SMILES string of the molecule is O=C(Nc1ccccc1)C1CCN(Cc2cn(-c3ccccc3)nc2-c2ccccc2)CC1. The maximum atomic E-state index is 12.7. The molecule has 166 valence electrons. The Labute approximate surface area is 194 Å². The second-order valence-corrected chi connectivity index (χ2v) is 8.55. The zero-order valence-electron chi connectivity index (χ0n) is 18.6. The van der Waals surface area contributed by atoms with E-state index < -0.39 is 0 Å². The minimum Gasteiger partial charge on any atom is -0.326 e. The zero-order chi connectivity index (χ0) is 22.5. The van der Waals surface area contributed by atoms with Crippen molar-refractivity contribution in [3.63, 3.8) is 0 Å². The maximum absolute atomic E-state index is 12.7. The summed E-state index contributed by atoms with van der Waals surface area (Å²) in [5, 5.41) is 7.99. The lowest BCUT2D eigenvalue weighted by Crippen LogP contribution is -2.37. The smallest absolute Gasteiger partial charge is 0.227 e. The van der Waals surface area contributed by atoms with E-state index in [1.54, 1.807) is 0 Å². The summed E-state index contributed by atoms with van der Waals surface area (Å²) in [4.78, 5) is 15.1. The number of hydrogen-bond acceptors (Lipinski definition) is 3. The van der Waals surface area contributed by atoms with E-state index in [9.17, 15) is 4.79 Å². The Bertz CT molecular complexity index is 1180. The highest BCUT2D eigenvalue weighted by molar-refractivity contribution is 5.92. The van der Waals surface area contributed by atoms with Crippen LogP contribution in [0, 0.1) is 5.92 Å². The summed E-state index contributed by atoms with van der Waals surface area (Å²) in [6, 6.07) is 30.3. The van der Waals surface area contributed by atoms with Gasteiger partial charge in [-0.25, -0.2) is 4.68 Å². The minimum atomic E-state index is 0.0575. The molecule has 5 rings (SSSR count). The zero-order valence-corrected chi connectivity index (χ0v) is 18.6. The summed E-state index contributed by atoms with van der Waals surface area (Å²) in [5.74, 6) is 0.185. The molecule has 5 heteroatoms. The molecule has 5 nitrogen and oxygen atoms in total. The van der Waals surface area contributed by atoms with Gasteiger partial charge in [0, 0.05) is 35.5 Å². The molecule has 33 heavy (non-hydrogen) atoms. The average Bonchev–Trinajstić information content (AvgIpc) is 3.30. The number of amides is 1. The highest BCUT2D eigenvalue weighted by atomic mass is 16.1. The van der Waals surface area contributed by atoms with Crippen LogP contribution >= 0.6 is 0 Å². The summed E-state index contributed by atoms with van der Waals surface area (Å²) in [5.41, 5.74) is 5.27. The molecule has 1 amide bonds. The van der Waals surface area contributed by atoms with E-state index in [-0.39, 0.29) is 11.8 Å². The van der Waals surface area contributed by atoms with E-state index >= 15 is 0 Å². The van der Waals surface area contributed by atoms with E-state index in [2.05, 4.69) is 52.8 Å². The van der Waals surface area contributed by atoms with Crippen LogP contribution in [0.1, 0.15) is 18.4 Å². The number of nitrogens with one attached hydrogen (secondary N) is 1. The van der Waals surface area contributed by atoms with Gasteiger partial charge in [-0.2, -0.15) is 5.10 Å². The number of aromatic nitrogens is 2. The van der Waals surface area contributed by atoms with Crippen molar-refractivity contribution in [2.75, 3.05) is 18.4 Å². The Morgan fingerprint density at radius 3 is 2.12 bits per heavy atom. The van der Waals surface area contributed by atoms with Crippen LogP contribution < -0.4 is 5.32 Å². The summed E-state index contributed by atoms with van der Waals surface area (Å²) < 4.78 is 1.97. The molecule has 0 radical (unpaired) electrons. The number of piperidine rings is 1. The fourth-order valence-electron chi connectivity index (χ4n) is 4.44. The maximum Gasteiger partial charge on any atom is 0.227 e. The van der Waals surface area contributed by atoms with Gasteiger partial charge in [0.25, 0.3) is 0 Å². The Balaban J connectivity index is 1.28. The summed E-state index contributed by atoms with van der Waals surface area (Å²) in [6.07, 6.45) is 3.88. The van der Waals surface area contributed by atoms with Gasteiger partial charge in [-0.3, -0.25) is 9.69 Å². The monoisotopic (exact) mass is 436 g/mol. The second kappa shape index (κ2) is 9.84. The van der Waals surface area contributed by atoms with Crippen LogP contribution in [-0.4, -0.2) is 33.7 Å². The number of para-hydroxylation sites is 2. The molecule has 0 spiro atoms. The van der Waals surface area contributed by atoms with E-state index in [4.69, 9.17) is 5.10 Å². The second-order valence-electron chi connectivity index (χ2n) is 8.55. The van der Waals surface area contributed by atoms with Gasteiger partial charge < -0.3 is 5.32 Å². The summed E-state index contributed by atoms with van der Waals surface area (Å²) in [6.45, 7) is 2.62. The van der Waals surface area contributed by atoms with Crippen LogP contribution in [0.4, 0.5) is 5.69 Å². The third kappa shape index (κ3) is 5.04. The lowest BCUT2D eigenvalue weighted by atomic mass is 9.95. The summed E-state index contributed by atoms with van der Waals surface area (Å²) in [7, 11) is 0. The first-order valence-corrected chi connectivity index (χ1v) is 11.5. The lowest BCUT2D eigenvalue weighted by molar-refractivity contribution is -0.121. The van der Waals surface area contributed by atoms with E-state index in [1.165, 1.54) is 5.56 Å². The van der Waals surface area contributed by atoms with Gasteiger partial charge in [-0.05, 0) is 50.2 Å². The predicted molar refractivity (Wildman–Crippen MR) is 132 cm³/mol. The number of benzene rings is 3. The average molecular weight is 437 g/mol. The standard InChI is InChI=1S/C28H28N4O/c33-28(29-25-12-6-2-7-13-25)23-16-18-31(19-17-23)20-24-21-32(26-14-8-3-9-15-26)30-27(24)22-10-4-1-5-11-22/h1-15,21,23H,16-20H2,(H,29,33). The predicted octanol–water partition coefficient (Wildman–Crippen LogP) is 5.39. The van der Waals surface area contributed by atoms with Crippen molar-refractivity contribution >= 4 is 11.6 Å². The number of hydrogen-bond donors (Lipinski definition) is 1. The number of likely N-dealkylation sites (tertiary alicyclic amines) is 1. The molecule has 2 heterocycles. The van der Waals surface area contributed by atoms with Crippen molar-refractivity contribution in [1.82, 2.24) is 14.7 Å². The Morgan fingerprint density at radius 1 is 0.848 bits per heavy atom. The normalized spacial score (nSPS) is 14.8. The van der Waals surface area contributed by atoms with Gasteiger partial charge in [-0.1, -0.05) is 66.7 Å². The first kappa shape index (κ1) is 21.2. The first-order chi connectivity index (χ1) is 16.3. The van der Waals surface area contributed by atoms with Crippen molar-refractivity contribution in [1.29, 1.82) is 0 Å². The number of anilines is 1. The largest absolute Gasteiger partial charge is 0.326 e. The molecule has 1 aliphatic heterocycles. The molecule has 0 saturated carbocycles. The lowest BCUT2D eigenvalue weighted by Gasteiger charge is -2.31. The van der Waals surface area contributed by atoms with E-state index in [1.807, 2.05) is 59.3 Å². The Hall–Kier alpha value is -3.70. The number of nitrogens with zero attached hydrogens (tertiary/aromatic N) is 3. The molecule has 1 N–H and O–H groups in total. The van der Waals surface area contributed by atoms with Crippen LogP contribution in [0.5, 0.6) is 0 Å². The third-order valence-corrected chi connectivity index (χ3v) is 6.25. The summed E-state index contributed by atoms with van der Waals surface area (Å²) >= 11 is 0. The molecular weight excluding hydrogens is 408 g/mol. The molecule has 1 aliphatic rings. The van der Waals surface area contributed by atoms with Crippen LogP contribution in [0.25, 0.3) is 16.9 Å². The third-order valence-electron chi connectivity index (χ3n) is 6.25. The highest BCUT2D eigenvalue weighted by Crippen LogP contribution is 2.27. The van der Waals surface area contributed by atoms with Crippen LogP contribution in [0.15, 0.2) is 97.2 Å². The highest BCUT2D eigenvalue weighted by Gasteiger charge is 2.26. The van der Waals surface area contributed by atoms with E-state index in [0.29, 0.717) is 0 Å². The fourth-order valence-corrected chi connectivity index (χ4v) is 4.44. The first-order valence-electron chi connectivity index (χ1n) is 11.5. The molecule has 0 bridgehead atoms. The minimum absolute atomic E-state index is 0.0575. The topological polar surface area (TPSA) is 50.2 Å². The molecule has 3 aromatic carbocycles. The van der Waals surface area contributed by atoms with Crippen molar-refractivity contribution < 1.29 is 4.79 Å². The molecule has 0 atom stereocenters. The molecule has 1 saturated heterocycles. The van der Waals surface area contributed by atoms with Crippen molar-refractivity contribution in [2.24, 2.45) is 5.92 Å². The molecule has 1 fully saturated rings. The molecular formula is C28H28N4O. The van der Waals surface area contributed by atoms with Crippen molar-refractivity contribution in [3.05, 3.63) is 103 Å². The number of carbonyl (C=O) groups is 1. The fraction of sp³-hybridized carbons (Fsp3) is 0.214. The van der Waals surface area contributed by atoms with Gasteiger partial charge in [0.1, 0.15) is 0 Å². The molecule has 0 unspecified atom stereocenters. The van der Waals surface area contributed by atoms with Crippen LogP contribution in [0.2, 0.25) is 0 Å². The van der Waals surface area contributed by atoms with Crippen molar-refractivity contribution in [2.45, 2.75) is 19.4 Å². The Morgan fingerprint density at radius 2 is 1.45 bits per heavy atom. The number of rotatable bonds is 6. The molecule has 1 aromatic heterocycles. The van der Waals surface area contributed by atoms with E-state index in [0.717, 1.165) is 55.1 Å². The molecule has 0 aliphatic carbocycles.